The molecule has 0 saturated carbocycles. The number of hydrogen-bond donors (Lipinski definition) is 1. The second-order valence-electron chi connectivity index (χ2n) is 7.22. The van der Waals surface area contributed by atoms with Crippen LogP contribution in [-0.4, -0.2) is 30.3 Å². The predicted octanol–water partition coefficient (Wildman–Crippen LogP) is 4.59. The zero-order valence-corrected chi connectivity index (χ0v) is 17.5. The molecule has 1 N–H and O–H groups in total. The van der Waals surface area contributed by atoms with Crippen LogP contribution in [0.2, 0.25) is 0 Å². The number of nitrogens with one attached hydrogen (secondary N) is 1. The summed E-state index contributed by atoms with van der Waals surface area (Å²) in [5.41, 5.74) is 4.17. The molecule has 3 rings (SSSR count). The summed E-state index contributed by atoms with van der Waals surface area (Å²) in [6, 6.07) is 22.5. The number of rotatable bonds is 7. The van der Waals surface area contributed by atoms with E-state index in [1.54, 1.807) is 13.1 Å². The van der Waals surface area contributed by atoms with E-state index in [0.717, 1.165) is 28.1 Å². The Bertz CT molecular complexity index is 1030. The number of aryl methyl sites for hydroxylation is 1. The van der Waals surface area contributed by atoms with E-state index in [-0.39, 0.29) is 25.0 Å². The van der Waals surface area contributed by atoms with Crippen molar-refractivity contribution in [3.63, 3.8) is 0 Å². The number of amides is 2. The van der Waals surface area contributed by atoms with Crippen LogP contribution in [0.25, 0.3) is 0 Å². The average Bonchev–Trinajstić information content (AvgIpc) is 2.76. The summed E-state index contributed by atoms with van der Waals surface area (Å²) >= 11 is 0. The summed E-state index contributed by atoms with van der Waals surface area (Å²) in [7, 11) is 1.62. The monoisotopic (exact) mass is 402 g/mol. The van der Waals surface area contributed by atoms with E-state index in [9.17, 15) is 9.59 Å². The van der Waals surface area contributed by atoms with E-state index < -0.39 is 0 Å². The zero-order chi connectivity index (χ0) is 21.5. The highest BCUT2D eigenvalue weighted by molar-refractivity contribution is 6.00. The van der Waals surface area contributed by atoms with Gasteiger partial charge in [-0.3, -0.25) is 9.59 Å². The van der Waals surface area contributed by atoms with Gasteiger partial charge in [0.15, 0.2) is 0 Å². The minimum absolute atomic E-state index is 0.0416. The van der Waals surface area contributed by atoms with E-state index >= 15 is 0 Å². The van der Waals surface area contributed by atoms with Crippen molar-refractivity contribution in [2.45, 2.75) is 20.5 Å². The maximum absolute atomic E-state index is 13.0. The topological polar surface area (TPSA) is 58.6 Å². The first kappa shape index (κ1) is 21.1. The van der Waals surface area contributed by atoms with Gasteiger partial charge in [-0.15, -0.1) is 0 Å². The van der Waals surface area contributed by atoms with Gasteiger partial charge in [-0.1, -0.05) is 48.5 Å². The molecule has 5 nitrogen and oxygen atoms in total. The number of para-hydroxylation sites is 1. The third-order valence-electron chi connectivity index (χ3n) is 4.99. The second kappa shape index (κ2) is 9.74. The van der Waals surface area contributed by atoms with Crippen LogP contribution in [0.4, 0.5) is 5.69 Å². The van der Waals surface area contributed by atoms with Crippen LogP contribution in [0.1, 0.15) is 27.0 Å². The molecule has 0 aromatic heterocycles. The first-order valence-corrected chi connectivity index (χ1v) is 9.83. The Hall–Kier alpha value is -3.60. The quantitative estimate of drug-likeness (QED) is 0.629. The van der Waals surface area contributed by atoms with Crippen molar-refractivity contribution in [3.8, 4) is 5.75 Å². The fourth-order valence-electron chi connectivity index (χ4n) is 3.10. The summed E-state index contributed by atoms with van der Waals surface area (Å²) in [5.74, 6) is 0.275. The molecule has 0 heterocycles. The Morgan fingerprint density at radius 3 is 2.37 bits per heavy atom. The molecule has 0 saturated heterocycles. The van der Waals surface area contributed by atoms with Gasteiger partial charge in [-0.25, -0.2) is 0 Å². The molecule has 0 atom stereocenters. The number of carbonyl (C=O) groups excluding carboxylic acids is 2. The molecule has 3 aromatic carbocycles. The molecule has 30 heavy (non-hydrogen) atoms. The first-order valence-electron chi connectivity index (χ1n) is 9.83. The van der Waals surface area contributed by atoms with Crippen LogP contribution in [-0.2, 0) is 11.4 Å². The highest BCUT2D eigenvalue weighted by Gasteiger charge is 2.18. The molecular formula is C25H26N2O3. The maximum atomic E-state index is 13.0. The lowest BCUT2D eigenvalue weighted by Gasteiger charge is -2.19. The fourth-order valence-corrected chi connectivity index (χ4v) is 3.10. The molecule has 0 radical (unpaired) electrons. The minimum atomic E-state index is -0.238. The van der Waals surface area contributed by atoms with Gasteiger partial charge >= 0.3 is 0 Å². The Kier molecular flexibility index (Phi) is 6.86. The second-order valence-corrected chi connectivity index (χ2v) is 7.22. The van der Waals surface area contributed by atoms with Crippen LogP contribution in [0.5, 0.6) is 5.75 Å². The van der Waals surface area contributed by atoms with Crippen molar-refractivity contribution < 1.29 is 14.3 Å². The Morgan fingerprint density at radius 2 is 1.60 bits per heavy atom. The summed E-state index contributed by atoms with van der Waals surface area (Å²) in [5, 5.41) is 2.89. The molecule has 0 aliphatic carbocycles. The predicted molar refractivity (Wildman–Crippen MR) is 119 cm³/mol. The normalized spacial score (nSPS) is 10.4. The Balaban J connectivity index is 1.65. The number of carbonyl (C=O) groups is 2. The third-order valence-corrected chi connectivity index (χ3v) is 4.99. The molecular weight excluding hydrogens is 376 g/mol. The molecule has 2 amide bonds. The average molecular weight is 402 g/mol. The number of ether oxygens (including phenoxy) is 1. The molecule has 0 unspecified atom stereocenters. The van der Waals surface area contributed by atoms with Crippen LogP contribution in [0.3, 0.4) is 0 Å². The molecule has 3 aromatic rings. The molecule has 0 aliphatic rings. The van der Waals surface area contributed by atoms with Crippen molar-refractivity contribution in [1.29, 1.82) is 0 Å². The van der Waals surface area contributed by atoms with Crippen LogP contribution in [0.15, 0.2) is 72.8 Å². The summed E-state index contributed by atoms with van der Waals surface area (Å²) in [6.45, 7) is 4.19. The molecule has 154 valence electrons. The molecule has 5 heteroatoms. The van der Waals surface area contributed by atoms with E-state index in [2.05, 4.69) is 5.32 Å². The van der Waals surface area contributed by atoms with Gasteiger partial charge in [0.1, 0.15) is 12.4 Å². The summed E-state index contributed by atoms with van der Waals surface area (Å²) < 4.78 is 5.80. The number of hydrogen-bond acceptors (Lipinski definition) is 3. The number of nitrogens with zero attached hydrogens (tertiary/aromatic N) is 1. The van der Waals surface area contributed by atoms with E-state index in [4.69, 9.17) is 4.74 Å². The van der Waals surface area contributed by atoms with Crippen molar-refractivity contribution in [2.24, 2.45) is 0 Å². The zero-order valence-electron chi connectivity index (χ0n) is 17.5. The van der Waals surface area contributed by atoms with Gasteiger partial charge in [0, 0.05) is 23.9 Å². The smallest absolute Gasteiger partial charge is 0.254 e. The highest BCUT2D eigenvalue weighted by Crippen LogP contribution is 2.19. The summed E-state index contributed by atoms with van der Waals surface area (Å²) in [6.07, 6.45) is 0. The highest BCUT2D eigenvalue weighted by atomic mass is 16.5. The van der Waals surface area contributed by atoms with Gasteiger partial charge in [-0.05, 0) is 49.2 Å². The van der Waals surface area contributed by atoms with Crippen LogP contribution in [0, 0.1) is 13.8 Å². The SMILES string of the molecule is Cc1cccc(NC(=O)CN(C)C(=O)c2ccccc2COc2ccccc2)c1C. The van der Waals surface area contributed by atoms with Gasteiger partial charge < -0.3 is 15.0 Å². The van der Waals surface area contributed by atoms with Gasteiger partial charge in [0.25, 0.3) is 5.91 Å². The Labute approximate surface area is 177 Å². The van der Waals surface area contributed by atoms with Crippen LogP contribution >= 0.6 is 0 Å². The first-order chi connectivity index (χ1) is 14.5. The standard InChI is InChI=1S/C25H26N2O3/c1-18-10-9-15-23(19(18)2)26-24(28)16-27(3)25(29)22-14-8-7-11-20(22)17-30-21-12-5-4-6-13-21/h4-15H,16-17H2,1-3H3,(H,26,28). The largest absolute Gasteiger partial charge is 0.489 e. The van der Waals surface area contributed by atoms with Crippen molar-refractivity contribution >= 4 is 17.5 Å². The van der Waals surface area contributed by atoms with Gasteiger partial charge in [-0.2, -0.15) is 0 Å². The summed E-state index contributed by atoms with van der Waals surface area (Å²) in [4.78, 5) is 26.9. The van der Waals surface area contributed by atoms with Crippen LogP contribution < -0.4 is 10.1 Å². The van der Waals surface area contributed by atoms with Crippen molar-refractivity contribution in [3.05, 3.63) is 95.1 Å². The number of benzene rings is 3. The fraction of sp³-hybridized carbons (Fsp3) is 0.200. The van der Waals surface area contributed by atoms with Crippen molar-refractivity contribution in [2.75, 3.05) is 18.9 Å². The van der Waals surface area contributed by atoms with Gasteiger partial charge in [0.2, 0.25) is 5.91 Å². The number of likely N-dealkylation sites (N-methyl/N-ethyl adjacent to an activating group) is 1. The molecule has 0 fully saturated rings. The van der Waals surface area contributed by atoms with E-state index in [1.165, 1.54) is 4.90 Å². The molecule has 0 spiro atoms. The molecule has 0 aliphatic heterocycles. The lowest BCUT2D eigenvalue weighted by Crippen LogP contribution is -2.35. The third kappa shape index (κ3) is 5.26. The van der Waals surface area contributed by atoms with Crippen molar-refractivity contribution in [1.82, 2.24) is 4.90 Å². The van der Waals surface area contributed by atoms with Gasteiger partial charge in [0.05, 0.1) is 6.54 Å². The maximum Gasteiger partial charge on any atom is 0.254 e. The van der Waals surface area contributed by atoms with E-state index in [0.29, 0.717) is 5.56 Å². The number of anilines is 1. The van der Waals surface area contributed by atoms with E-state index in [1.807, 2.05) is 80.6 Å². The molecule has 0 bridgehead atoms. The lowest BCUT2D eigenvalue weighted by molar-refractivity contribution is -0.116. The Morgan fingerprint density at radius 1 is 0.900 bits per heavy atom. The lowest BCUT2D eigenvalue weighted by atomic mass is 10.1. The minimum Gasteiger partial charge on any atom is -0.489 e.